The van der Waals surface area contributed by atoms with Gasteiger partial charge >= 0.3 is 0 Å². The fraction of sp³-hybridized carbons (Fsp3) is 0.250. The molecular weight excluding hydrogens is 210 g/mol. The highest BCUT2D eigenvalue weighted by Gasteiger charge is 2.23. The smallest absolute Gasteiger partial charge is 0.129 e. The number of halogens is 1. The predicted octanol–water partition coefficient (Wildman–Crippen LogP) is 3.40. The van der Waals surface area contributed by atoms with Crippen LogP contribution in [0.1, 0.15) is 25.0 Å². The Morgan fingerprint density at radius 1 is 1.40 bits per heavy atom. The van der Waals surface area contributed by atoms with Crippen molar-refractivity contribution < 1.29 is 4.74 Å². The van der Waals surface area contributed by atoms with Gasteiger partial charge in [0.05, 0.1) is 10.6 Å². The molecule has 1 aromatic carbocycles. The SMILES string of the molecule is CC1(C)C=Cc2c(ccc(C#N)c2Cl)O1. The van der Waals surface area contributed by atoms with Gasteiger partial charge in [0.25, 0.3) is 0 Å². The first-order valence-corrected chi connectivity index (χ1v) is 5.02. The van der Waals surface area contributed by atoms with Gasteiger partial charge in [-0.3, -0.25) is 0 Å². The largest absolute Gasteiger partial charge is 0.483 e. The molecule has 0 aliphatic carbocycles. The summed E-state index contributed by atoms with van der Waals surface area (Å²) in [5.74, 6) is 0.728. The second kappa shape index (κ2) is 3.29. The lowest BCUT2D eigenvalue weighted by Crippen LogP contribution is -2.27. The van der Waals surface area contributed by atoms with Gasteiger partial charge in [-0.15, -0.1) is 0 Å². The summed E-state index contributed by atoms with van der Waals surface area (Å²) < 4.78 is 5.72. The summed E-state index contributed by atoms with van der Waals surface area (Å²) in [5.41, 5.74) is 0.947. The number of ether oxygens (including phenoxy) is 1. The minimum Gasteiger partial charge on any atom is -0.483 e. The molecule has 0 aromatic heterocycles. The van der Waals surface area contributed by atoms with Crippen LogP contribution >= 0.6 is 11.6 Å². The lowest BCUT2D eigenvalue weighted by Gasteiger charge is -2.28. The molecule has 1 aliphatic rings. The first-order chi connectivity index (χ1) is 7.03. The molecular formula is C12H10ClNO. The van der Waals surface area contributed by atoms with Crippen LogP contribution in [0.4, 0.5) is 0 Å². The molecule has 0 atom stereocenters. The van der Waals surface area contributed by atoms with Crippen molar-refractivity contribution in [1.82, 2.24) is 0 Å². The van der Waals surface area contributed by atoms with Crippen LogP contribution in [-0.2, 0) is 0 Å². The monoisotopic (exact) mass is 219 g/mol. The number of hydrogen-bond donors (Lipinski definition) is 0. The lowest BCUT2D eigenvalue weighted by atomic mass is 10.0. The van der Waals surface area contributed by atoms with E-state index in [4.69, 9.17) is 21.6 Å². The number of rotatable bonds is 0. The molecule has 0 saturated carbocycles. The quantitative estimate of drug-likeness (QED) is 0.670. The maximum atomic E-state index is 8.82. The van der Waals surface area contributed by atoms with Crippen molar-refractivity contribution >= 4 is 17.7 Å². The van der Waals surface area contributed by atoms with E-state index >= 15 is 0 Å². The van der Waals surface area contributed by atoms with E-state index in [0.717, 1.165) is 11.3 Å². The van der Waals surface area contributed by atoms with Gasteiger partial charge in [-0.25, -0.2) is 0 Å². The van der Waals surface area contributed by atoms with Crippen LogP contribution in [0, 0.1) is 11.3 Å². The Morgan fingerprint density at radius 2 is 2.13 bits per heavy atom. The number of nitriles is 1. The molecule has 1 heterocycles. The Labute approximate surface area is 93.7 Å². The highest BCUT2D eigenvalue weighted by atomic mass is 35.5. The third-order valence-electron chi connectivity index (χ3n) is 2.28. The van der Waals surface area contributed by atoms with Gasteiger partial charge in [-0.1, -0.05) is 11.6 Å². The fourth-order valence-corrected chi connectivity index (χ4v) is 1.77. The highest BCUT2D eigenvalue weighted by Crippen LogP contribution is 2.36. The fourth-order valence-electron chi connectivity index (χ4n) is 1.51. The van der Waals surface area contributed by atoms with E-state index < -0.39 is 0 Å². The summed E-state index contributed by atoms with van der Waals surface area (Å²) in [6, 6.07) is 5.50. The molecule has 76 valence electrons. The van der Waals surface area contributed by atoms with Crippen molar-refractivity contribution in [2.24, 2.45) is 0 Å². The van der Waals surface area contributed by atoms with Crippen LogP contribution < -0.4 is 4.74 Å². The highest BCUT2D eigenvalue weighted by molar-refractivity contribution is 6.33. The summed E-state index contributed by atoms with van der Waals surface area (Å²) in [6.07, 6.45) is 3.84. The molecule has 3 heteroatoms. The van der Waals surface area contributed by atoms with Crippen molar-refractivity contribution in [2.45, 2.75) is 19.4 Å². The summed E-state index contributed by atoms with van der Waals surface area (Å²) in [7, 11) is 0. The first-order valence-electron chi connectivity index (χ1n) is 4.64. The average Bonchev–Trinajstić information content (AvgIpc) is 2.16. The molecule has 0 amide bonds. The molecule has 0 saturated heterocycles. The molecule has 0 spiro atoms. The Balaban J connectivity index is 2.58. The molecule has 2 nitrogen and oxygen atoms in total. The molecule has 1 aromatic rings. The van der Waals surface area contributed by atoms with Crippen molar-refractivity contribution in [2.75, 3.05) is 0 Å². The third kappa shape index (κ3) is 1.71. The zero-order chi connectivity index (χ0) is 11.1. The van der Waals surface area contributed by atoms with Gasteiger partial charge in [0.1, 0.15) is 17.4 Å². The molecule has 0 N–H and O–H groups in total. The van der Waals surface area contributed by atoms with Crippen LogP contribution in [-0.4, -0.2) is 5.60 Å². The first kappa shape index (κ1) is 10.1. The lowest BCUT2D eigenvalue weighted by molar-refractivity contribution is 0.159. The topological polar surface area (TPSA) is 33.0 Å². The number of nitrogens with zero attached hydrogens (tertiary/aromatic N) is 1. The number of fused-ring (bicyclic) bond motifs is 1. The Hall–Kier alpha value is -1.46. The van der Waals surface area contributed by atoms with Crippen molar-refractivity contribution in [3.05, 3.63) is 34.4 Å². The van der Waals surface area contributed by atoms with Gasteiger partial charge in [0, 0.05) is 5.56 Å². The third-order valence-corrected chi connectivity index (χ3v) is 2.69. The summed E-state index contributed by atoms with van der Waals surface area (Å²) in [6.45, 7) is 3.94. The Morgan fingerprint density at radius 3 is 2.80 bits per heavy atom. The molecule has 15 heavy (non-hydrogen) atoms. The van der Waals surface area contributed by atoms with E-state index in [1.807, 2.05) is 32.1 Å². The average molecular weight is 220 g/mol. The van der Waals surface area contributed by atoms with Gasteiger partial charge < -0.3 is 4.74 Å². The van der Waals surface area contributed by atoms with E-state index in [1.54, 1.807) is 12.1 Å². The van der Waals surface area contributed by atoms with E-state index in [9.17, 15) is 0 Å². The predicted molar refractivity (Wildman–Crippen MR) is 59.9 cm³/mol. The van der Waals surface area contributed by atoms with Gasteiger partial charge in [-0.2, -0.15) is 5.26 Å². The van der Waals surface area contributed by atoms with E-state index in [0.29, 0.717) is 10.6 Å². The molecule has 2 rings (SSSR count). The molecule has 0 fully saturated rings. The second-order valence-electron chi connectivity index (χ2n) is 3.99. The molecule has 0 radical (unpaired) electrons. The van der Waals surface area contributed by atoms with Crippen molar-refractivity contribution in [1.29, 1.82) is 5.26 Å². The van der Waals surface area contributed by atoms with Gasteiger partial charge in [-0.05, 0) is 38.1 Å². The summed E-state index contributed by atoms with van der Waals surface area (Å²) in [5, 5.41) is 9.28. The molecule has 0 bridgehead atoms. The zero-order valence-electron chi connectivity index (χ0n) is 8.54. The maximum Gasteiger partial charge on any atom is 0.129 e. The van der Waals surface area contributed by atoms with Crippen LogP contribution in [0.2, 0.25) is 5.02 Å². The van der Waals surface area contributed by atoms with Crippen LogP contribution in [0.15, 0.2) is 18.2 Å². The van der Waals surface area contributed by atoms with Crippen LogP contribution in [0.5, 0.6) is 5.75 Å². The van der Waals surface area contributed by atoms with E-state index in [-0.39, 0.29) is 5.60 Å². The maximum absolute atomic E-state index is 8.82. The second-order valence-corrected chi connectivity index (χ2v) is 4.37. The van der Waals surface area contributed by atoms with Crippen LogP contribution in [0.25, 0.3) is 6.08 Å². The van der Waals surface area contributed by atoms with Crippen LogP contribution in [0.3, 0.4) is 0 Å². The zero-order valence-corrected chi connectivity index (χ0v) is 9.30. The standard InChI is InChI=1S/C12H10ClNO/c1-12(2)6-5-9-10(15-12)4-3-8(7-14)11(9)13/h3-6H,1-2H3. The summed E-state index contributed by atoms with van der Waals surface area (Å²) >= 11 is 6.07. The number of benzene rings is 1. The van der Waals surface area contributed by atoms with Gasteiger partial charge in [0.15, 0.2) is 0 Å². The molecule has 0 unspecified atom stereocenters. The van der Waals surface area contributed by atoms with E-state index in [2.05, 4.69) is 0 Å². The minimum absolute atomic E-state index is 0.315. The normalized spacial score (nSPS) is 16.4. The number of hydrogen-bond acceptors (Lipinski definition) is 2. The van der Waals surface area contributed by atoms with Crippen molar-refractivity contribution in [3.8, 4) is 11.8 Å². The van der Waals surface area contributed by atoms with Crippen molar-refractivity contribution in [3.63, 3.8) is 0 Å². The Bertz CT molecular complexity index is 483. The summed E-state index contributed by atoms with van der Waals surface area (Å²) in [4.78, 5) is 0. The van der Waals surface area contributed by atoms with Gasteiger partial charge in [0.2, 0.25) is 0 Å². The minimum atomic E-state index is -0.315. The molecule has 1 aliphatic heterocycles. The van der Waals surface area contributed by atoms with E-state index in [1.165, 1.54) is 0 Å². The Kier molecular flexibility index (Phi) is 2.21.